The highest BCUT2D eigenvalue weighted by Crippen LogP contribution is 2.39. The summed E-state index contributed by atoms with van der Waals surface area (Å²) in [6, 6.07) is 18.1. The second-order valence-corrected chi connectivity index (χ2v) is 7.90. The van der Waals surface area contributed by atoms with Gasteiger partial charge < -0.3 is 20.1 Å². The maximum absolute atomic E-state index is 13.5. The lowest BCUT2D eigenvalue weighted by Crippen LogP contribution is -2.49. The minimum atomic E-state index is -1.01. The van der Waals surface area contributed by atoms with Crippen molar-refractivity contribution in [2.45, 2.75) is 38.4 Å². The van der Waals surface area contributed by atoms with Crippen molar-refractivity contribution in [1.82, 2.24) is 10.2 Å². The standard InChI is InChI=1S/C24H28N2O4/c1-16(27)13-19-21(22(25-2)24(29)30)20(14-17-9-5-3-6-10-17)26(23(19)28)15-18-11-7-4-8-12-18/h3-12,19-22,25H,13-15H2,1-2H3,(H,29,30). The van der Waals surface area contributed by atoms with E-state index >= 15 is 0 Å². The molecular weight excluding hydrogens is 380 g/mol. The highest BCUT2D eigenvalue weighted by Gasteiger charge is 2.52. The van der Waals surface area contributed by atoms with Crippen molar-refractivity contribution in [3.05, 3.63) is 71.8 Å². The Bertz CT molecular complexity index is 885. The molecule has 0 aliphatic carbocycles. The number of carboxylic acid groups (broad SMARTS) is 1. The fourth-order valence-corrected chi connectivity index (χ4v) is 4.56. The van der Waals surface area contributed by atoms with Gasteiger partial charge in [0.2, 0.25) is 5.91 Å². The number of aliphatic carboxylic acids is 1. The second kappa shape index (κ2) is 9.67. The van der Waals surface area contributed by atoms with Gasteiger partial charge in [0.05, 0.1) is 5.92 Å². The predicted molar refractivity (Wildman–Crippen MR) is 114 cm³/mol. The largest absolute Gasteiger partial charge is 0.480 e. The van der Waals surface area contributed by atoms with Crippen LogP contribution in [0, 0.1) is 11.8 Å². The van der Waals surface area contributed by atoms with E-state index in [-0.39, 0.29) is 24.2 Å². The first kappa shape index (κ1) is 21.7. The van der Waals surface area contributed by atoms with Crippen molar-refractivity contribution in [3.63, 3.8) is 0 Å². The Morgan fingerprint density at radius 3 is 2.10 bits per heavy atom. The van der Waals surface area contributed by atoms with Crippen LogP contribution in [0.25, 0.3) is 0 Å². The van der Waals surface area contributed by atoms with Gasteiger partial charge >= 0.3 is 5.97 Å². The molecule has 2 N–H and O–H groups in total. The Kier molecular flexibility index (Phi) is 7.00. The minimum Gasteiger partial charge on any atom is -0.480 e. The second-order valence-electron chi connectivity index (χ2n) is 7.90. The van der Waals surface area contributed by atoms with Crippen LogP contribution in [-0.2, 0) is 27.3 Å². The highest BCUT2D eigenvalue weighted by atomic mass is 16.4. The van der Waals surface area contributed by atoms with Gasteiger partial charge in [-0.1, -0.05) is 60.7 Å². The van der Waals surface area contributed by atoms with Gasteiger partial charge in [-0.15, -0.1) is 0 Å². The maximum atomic E-state index is 13.5. The number of hydrogen-bond acceptors (Lipinski definition) is 4. The fraction of sp³-hybridized carbons (Fsp3) is 0.375. The summed E-state index contributed by atoms with van der Waals surface area (Å²) in [5, 5.41) is 12.7. The van der Waals surface area contributed by atoms with Crippen LogP contribution in [0.4, 0.5) is 0 Å². The molecule has 6 heteroatoms. The van der Waals surface area contributed by atoms with Gasteiger partial charge in [0.1, 0.15) is 11.8 Å². The molecule has 158 valence electrons. The molecule has 2 aromatic carbocycles. The Morgan fingerprint density at radius 1 is 1.03 bits per heavy atom. The van der Waals surface area contributed by atoms with Gasteiger partial charge in [0.15, 0.2) is 0 Å². The number of ketones is 1. The Morgan fingerprint density at radius 2 is 1.60 bits per heavy atom. The van der Waals surface area contributed by atoms with E-state index < -0.39 is 23.8 Å². The topological polar surface area (TPSA) is 86.7 Å². The quantitative estimate of drug-likeness (QED) is 0.666. The molecule has 4 atom stereocenters. The lowest BCUT2D eigenvalue weighted by atomic mass is 9.79. The molecular formula is C24H28N2O4. The van der Waals surface area contributed by atoms with Crippen molar-refractivity contribution < 1.29 is 19.5 Å². The summed E-state index contributed by atoms with van der Waals surface area (Å²) in [4.78, 5) is 39.2. The smallest absolute Gasteiger partial charge is 0.321 e. The number of nitrogens with one attached hydrogen (secondary N) is 1. The predicted octanol–water partition coefficient (Wildman–Crippen LogP) is 2.52. The number of carboxylic acids is 1. The Hall–Kier alpha value is -2.99. The molecule has 0 spiro atoms. The summed E-state index contributed by atoms with van der Waals surface area (Å²) in [5.74, 6) is -2.45. The summed E-state index contributed by atoms with van der Waals surface area (Å²) in [7, 11) is 1.59. The van der Waals surface area contributed by atoms with E-state index in [0.717, 1.165) is 11.1 Å². The average Bonchev–Trinajstić information content (AvgIpc) is 2.95. The van der Waals surface area contributed by atoms with Crippen LogP contribution in [0.3, 0.4) is 0 Å². The number of carbonyl (C=O) groups excluding carboxylic acids is 2. The third-order valence-electron chi connectivity index (χ3n) is 5.86. The molecule has 3 rings (SSSR count). The summed E-state index contributed by atoms with van der Waals surface area (Å²) < 4.78 is 0. The Balaban J connectivity index is 2.04. The number of likely N-dealkylation sites (N-methyl/N-ethyl adjacent to an activating group) is 1. The number of amides is 1. The van der Waals surface area contributed by atoms with Crippen molar-refractivity contribution in [3.8, 4) is 0 Å². The molecule has 30 heavy (non-hydrogen) atoms. The molecule has 0 saturated carbocycles. The minimum absolute atomic E-state index is 0.0472. The van der Waals surface area contributed by atoms with Crippen molar-refractivity contribution in [2.75, 3.05) is 7.05 Å². The molecule has 0 radical (unpaired) electrons. The van der Waals surface area contributed by atoms with Crippen LogP contribution in [0.1, 0.15) is 24.5 Å². The van der Waals surface area contributed by atoms with E-state index in [1.165, 1.54) is 6.92 Å². The normalized spacial score (nSPS) is 22.1. The van der Waals surface area contributed by atoms with Crippen LogP contribution in [0.5, 0.6) is 0 Å². The number of carbonyl (C=O) groups is 3. The third kappa shape index (κ3) is 4.76. The van der Waals surface area contributed by atoms with Crippen molar-refractivity contribution >= 4 is 17.7 Å². The molecule has 1 fully saturated rings. The first-order chi connectivity index (χ1) is 14.4. The zero-order valence-corrected chi connectivity index (χ0v) is 17.3. The van der Waals surface area contributed by atoms with E-state index in [2.05, 4.69) is 5.32 Å². The summed E-state index contributed by atoms with van der Waals surface area (Å²) in [6.45, 7) is 1.84. The molecule has 2 aromatic rings. The lowest BCUT2D eigenvalue weighted by Gasteiger charge is -2.32. The third-order valence-corrected chi connectivity index (χ3v) is 5.86. The SMILES string of the molecule is CNC(C(=O)O)C1C(CC(C)=O)C(=O)N(Cc2ccccc2)C1Cc1ccccc1. The van der Waals surface area contributed by atoms with Crippen LogP contribution >= 0.6 is 0 Å². The number of nitrogens with zero attached hydrogens (tertiary/aromatic N) is 1. The molecule has 1 saturated heterocycles. The molecule has 1 amide bonds. The number of rotatable bonds is 9. The zero-order chi connectivity index (χ0) is 21.7. The van der Waals surface area contributed by atoms with E-state index in [1.807, 2.05) is 60.7 Å². The van der Waals surface area contributed by atoms with Crippen LogP contribution in [0.15, 0.2) is 60.7 Å². The van der Waals surface area contributed by atoms with Gasteiger partial charge in [-0.2, -0.15) is 0 Å². The van der Waals surface area contributed by atoms with Gasteiger partial charge in [-0.3, -0.25) is 9.59 Å². The van der Waals surface area contributed by atoms with Crippen LogP contribution in [0.2, 0.25) is 0 Å². The molecule has 0 bridgehead atoms. The van der Waals surface area contributed by atoms with E-state index in [1.54, 1.807) is 11.9 Å². The van der Waals surface area contributed by atoms with E-state index in [9.17, 15) is 19.5 Å². The molecule has 1 heterocycles. The summed E-state index contributed by atoms with van der Waals surface area (Å²) in [6.07, 6.45) is 0.579. The maximum Gasteiger partial charge on any atom is 0.321 e. The first-order valence-electron chi connectivity index (χ1n) is 10.2. The van der Waals surface area contributed by atoms with Crippen LogP contribution in [-0.4, -0.2) is 46.8 Å². The van der Waals surface area contributed by atoms with Gasteiger partial charge in [0, 0.05) is 24.9 Å². The zero-order valence-electron chi connectivity index (χ0n) is 17.3. The summed E-state index contributed by atoms with van der Waals surface area (Å²) >= 11 is 0. The number of Topliss-reactive ketones (excluding diaryl/α,β-unsaturated/α-hetero) is 1. The van der Waals surface area contributed by atoms with Crippen LogP contribution < -0.4 is 5.32 Å². The summed E-state index contributed by atoms with van der Waals surface area (Å²) in [5.41, 5.74) is 2.00. The van der Waals surface area contributed by atoms with Crippen molar-refractivity contribution in [2.24, 2.45) is 11.8 Å². The number of likely N-dealkylation sites (tertiary alicyclic amines) is 1. The molecule has 4 unspecified atom stereocenters. The monoisotopic (exact) mass is 408 g/mol. The molecule has 1 aliphatic rings. The number of benzene rings is 2. The van der Waals surface area contributed by atoms with E-state index in [4.69, 9.17) is 0 Å². The fourth-order valence-electron chi connectivity index (χ4n) is 4.56. The van der Waals surface area contributed by atoms with E-state index in [0.29, 0.717) is 13.0 Å². The van der Waals surface area contributed by atoms with Gasteiger partial charge in [0.25, 0.3) is 0 Å². The highest BCUT2D eigenvalue weighted by molar-refractivity contribution is 5.89. The molecule has 6 nitrogen and oxygen atoms in total. The van der Waals surface area contributed by atoms with Gasteiger partial charge in [-0.25, -0.2) is 0 Å². The van der Waals surface area contributed by atoms with Gasteiger partial charge in [-0.05, 0) is 31.5 Å². The number of hydrogen-bond donors (Lipinski definition) is 2. The Labute approximate surface area is 176 Å². The lowest BCUT2D eigenvalue weighted by molar-refractivity contribution is -0.142. The molecule has 1 aliphatic heterocycles. The van der Waals surface area contributed by atoms with Crippen molar-refractivity contribution in [1.29, 1.82) is 0 Å². The molecule has 0 aromatic heterocycles. The average molecular weight is 408 g/mol. The first-order valence-corrected chi connectivity index (χ1v) is 10.2.